The number of rotatable bonds is 4. The number of hydrogen-bond donors (Lipinski definition) is 2. The largest absolute Gasteiger partial charge is 0.492 e. The summed E-state index contributed by atoms with van der Waals surface area (Å²) in [6.07, 6.45) is 0. The topological polar surface area (TPSA) is 88.5 Å². The number of benzene rings is 1. The van der Waals surface area contributed by atoms with E-state index in [9.17, 15) is 19.1 Å². The maximum atomic E-state index is 14.1. The third-order valence-corrected chi connectivity index (χ3v) is 3.13. The second-order valence-corrected chi connectivity index (χ2v) is 4.98. The molecule has 2 rings (SSSR count). The van der Waals surface area contributed by atoms with E-state index in [1.807, 2.05) is 0 Å². The lowest BCUT2D eigenvalue weighted by Gasteiger charge is -2.14. The average Bonchev–Trinajstić information content (AvgIpc) is 2.45. The molecule has 0 aliphatic heterocycles. The molecule has 0 bridgehead atoms. The zero-order valence-corrected chi connectivity index (χ0v) is 12.9. The highest BCUT2D eigenvalue weighted by atomic mass is 35.5. The summed E-state index contributed by atoms with van der Waals surface area (Å²) in [6, 6.07) is 5.24. The number of carbonyl (C=O) groups is 2. The highest BCUT2D eigenvalue weighted by Crippen LogP contribution is 2.33. The number of halogens is 2. The van der Waals surface area contributed by atoms with Gasteiger partial charge in [0.2, 0.25) is 5.91 Å². The molecule has 0 atom stereocenters. The molecule has 0 aliphatic rings. The van der Waals surface area contributed by atoms with E-state index < -0.39 is 23.4 Å². The lowest BCUT2D eigenvalue weighted by molar-refractivity contribution is -0.114. The Morgan fingerprint density at radius 1 is 1.35 bits per heavy atom. The van der Waals surface area contributed by atoms with Crippen LogP contribution < -0.4 is 10.1 Å². The van der Waals surface area contributed by atoms with Crippen LogP contribution >= 0.6 is 11.6 Å². The van der Waals surface area contributed by atoms with Gasteiger partial charge in [-0.3, -0.25) is 4.79 Å². The molecule has 2 N–H and O–H groups in total. The van der Waals surface area contributed by atoms with Crippen LogP contribution in [0.5, 0.6) is 5.75 Å². The van der Waals surface area contributed by atoms with Crippen molar-refractivity contribution in [3.8, 4) is 17.0 Å². The van der Waals surface area contributed by atoms with Crippen LogP contribution in [-0.2, 0) is 4.79 Å². The van der Waals surface area contributed by atoms with Crippen molar-refractivity contribution < 1.29 is 23.8 Å². The Bertz CT molecular complexity index is 795. The smallest absolute Gasteiger partial charge is 0.358 e. The maximum Gasteiger partial charge on any atom is 0.358 e. The molecule has 23 heavy (non-hydrogen) atoms. The minimum absolute atomic E-state index is 0.0288. The van der Waals surface area contributed by atoms with Gasteiger partial charge in [-0.2, -0.15) is 0 Å². The first-order valence-electron chi connectivity index (χ1n) is 6.38. The van der Waals surface area contributed by atoms with Crippen molar-refractivity contribution in [2.24, 2.45) is 0 Å². The van der Waals surface area contributed by atoms with E-state index in [0.29, 0.717) is 0 Å². The number of pyridine rings is 1. The number of aromatic nitrogens is 1. The highest BCUT2D eigenvalue weighted by Gasteiger charge is 2.21. The normalized spacial score (nSPS) is 10.3. The van der Waals surface area contributed by atoms with Gasteiger partial charge in [0.15, 0.2) is 11.4 Å². The number of anilines is 1. The van der Waals surface area contributed by atoms with Gasteiger partial charge in [0.1, 0.15) is 5.82 Å². The molecule has 1 heterocycles. The van der Waals surface area contributed by atoms with Crippen molar-refractivity contribution in [1.29, 1.82) is 0 Å². The second-order valence-electron chi connectivity index (χ2n) is 4.55. The summed E-state index contributed by atoms with van der Waals surface area (Å²) < 4.78 is 19.1. The van der Waals surface area contributed by atoms with Crippen molar-refractivity contribution in [2.45, 2.75) is 6.92 Å². The van der Waals surface area contributed by atoms with Crippen molar-refractivity contribution >= 4 is 29.2 Å². The van der Waals surface area contributed by atoms with E-state index in [2.05, 4.69) is 10.3 Å². The molecular formula is C15H12ClFN2O4. The lowest BCUT2D eigenvalue weighted by atomic mass is 10.1. The second kappa shape index (κ2) is 6.62. The molecule has 120 valence electrons. The Hall–Kier alpha value is -2.67. The summed E-state index contributed by atoms with van der Waals surface area (Å²) in [6.45, 7) is 1.25. The predicted molar refractivity (Wildman–Crippen MR) is 82.5 cm³/mol. The third-order valence-electron chi connectivity index (χ3n) is 2.90. The number of methoxy groups -OCH3 is 1. The number of hydrogen-bond acceptors (Lipinski definition) is 4. The van der Waals surface area contributed by atoms with Crippen molar-refractivity contribution in [3.05, 3.63) is 40.8 Å². The molecule has 0 saturated heterocycles. The quantitative estimate of drug-likeness (QED) is 0.893. The zero-order chi connectivity index (χ0) is 17.1. The molecule has 1 aromatic heterocycles. The van der Waals surface area contributed by atoms with Crippen LogP contribution in [0, 0.1) is 5.82 Å². The molecule has 0 spiro atoms. The maximum absolute atomic E-state index is 14.1. The van der Waals surface area contributed by atoms with E-state index >= 15 is 0 Å². The fourth-order valence-corrected chi connectivity index (χ4v) is 2.16. The SMILES string of the molecule is COc1c(NC(C)=O)cc(-c2ccc(Cl)cc2F)nc1C(=O)O. The number of amides is 1. The molecule has 0 aliphatic carbocycles. The number of carboxylic acid groups (broad SMARTS) is 1. The molecule has 0 fully saturated rings. The molecular weight excluding hydrogens is 327 g/mol. The van der Waals surface area contributed by atoms with Gasteiger partial charge in [0.25, 0.3) is 0 Å². The van der Waals surface area contributed by atoms with Crippen molar-refractivity contribution in [2.75, 3.05) is 12.4 Å². The number of aromatic carboxylic acids is 1. The summed E-state index contributed by atoms with van der Waals surface area (Å²) in [7, 11) is 1.25. The van der Waals surface area contributed by atoms with E-state index in [1.54, 1.807) is 0 Å². The Balaban J connectivity index is 2.71. The fourth-order valence-electron chi connectivity index (χ4n) is 2.00. The molecule has 0 unspecified atom stereocenters. The summed E-state index contributed by atoms with van der Waals surface area (Å²) in [5.41, 5.74) is -0.285. The van der Waals surface area contributed by atoms with Crippen LogP contribution in [0.3, 0.4) is 0 Å². The van der Waals surface area contributed by atoms with Crippen LogP contribution in [0.25, 0.3) is 11.3 Å². The predicted octanol–water partition coefficient (Wildman–Crippen LogP) is 3.21. The van der Waals surface area contributed by atoms with Crippen LogP contribution in [0.15, 0.2) is 24.3 Å². The minimum atomic E-state index is -1.37. The number of nitrogens with zero attached hydrogens (tertiary/aromatic N) is 1. The van der Waals surface area contributed by atoms with Gasteiger partial charge < -0.3 is 15.2 Å². The van der Waals surface area contributed by atoms with Crippen molar-refractivity contribution in [1.82, 2.24) is 4.98 Å². The molecule has 1 amide bonds. The molecule has 0 saturated carbocycles. The van der Waals surface area contributed by atoms with E-state index in [4.69, 9.17) is 16.3 Å². The highest BCUT2D eigenvalue weighted by molar-refractivity contribution is 6.30. The van der Waals surface area contributed by atoms with E-state index in [-0.39, 0.29) is 27.7 Å². The fraction of sp³-hybridized carbons (Fsp3) is 0.133. The Kier molecular flexibility index (Phi) is 4.80. The van der Waals surface area contributed by atoms with Gasteiger partial charge in [-0.05, 0) is 24.3 Å². The first-order valence-corrected chi connectivity index (χ1v) is 6.76. The zero-order valence-electron chi connectivity index (χ0n) is 12.2. The number of nitrogens with one attached hydrogen (secondary N) is 1. The standard InChI is InChI=1S/C15H12ClFN2O4/c1-7(20)18-12-6-11(9-4-3-8(16)5-10(9)17)19-13(15(21)22)14(12)23-2/h3-6H,1-2H3,(H,21,22)(H,18,19,20). The average molecular weight is 339 g/mol. The van der Waals surface area contributed by atoms with Crippen molar-refractivity contribution in [3.63, 3.8) is 0 Å². The van der Waals surface area contributed by atoms with Crippen LogP contribution in [0.1, 0.15) is 17.4 Å². The Labute approximate surface area is 135 Å². The Morgan fingerprint density at radius 3 is 2.57 bits per heavy atom. The van der Waals surface area contributed by atoms with Crippen LogP contribution in [-0.4, -0.2) is 29.1 Å². The molecule has 0 radical (unpaired) electrons. The first-order chi connectivity index (χ1) is 10.8. The number of carbonyl (C=O) groups excluding carboxylic acids is 1. The van der Waals surface area contributed by atoms with Crippen LogP contribution in [0.4, 0.5) is 10.1 Å². The monoisotopic (exact) mass is 338 g/mol. The summed E-state index contributed by atoms with van der Waals surface area (Å²) in [5.74, 6) is -2.59. The summed E-state index contributed by atoms with van der Waals surface area (Å²) in [4.78, 5) is 26.6. The van der Waals surface area contributed by atoms with E-state index in [1.165, 1.54) is 32.2 Å². The Morgan fingerprint density at radius 2 is 2.04 bits per heavy atom. The molecule has 8 heteroatoms. The first kappa shape index (κ1) is 16.7. The van der Waals surface area contributed by atoms with Gasteiger partial charge in [-0.25, -0.2) is 14.2 Å². The number of ether oxygens (including phenoxy) is 1. The summed E-state index contributed by atoms with van der Waals surface area (Å²) in [5, 5.41) is 11.9. The molecule has 1 aromatic carbocycles. The van der Waals surface area contributed by atoms with Gasteiger partial charge in [-0.1, -0.05) is 11.6 Å². The third kappa shape index (κ3) is 3.57. The van der Waals surface area contributed by atoms with Gasteiger partial charge >= 0.3 is 5.97 Å². The lowest BCUT2D eigenvalue weighted by Crippen LogP contribution is -2.12. The van der Waals surface area contributed by atoms with Crippen LogP contribution in [0.2, 0.25) is 5.02 Å². The minimum Gasteiger partial charge on any atom is -0.492 e. The van der Waals surface area contributed by atoms with E-state index in [0.717, 1.165) is 6.07 Å². The molecule has 6 nitrogen and oxygen atoms in total. The molecule has 2 aromatic rings. The number of carboxylic acids is 1. The van der Waals surface area contributed by atoms with Gasteiger partial charge in [0.05, 0.1) is 18.5 Å². The van der Waals surface area contributed by atoms with Gasteiger partial charge in [-0.15, -0.1) is 0 Å². The van der Waals surface area contributed by atoms with Gasteiger partial charge in [0, 0.05) is 17.5 Å². The summed E-state index contributed by atoms with van der Waals surface area (Å²) >= 11 is 5.70.